The van der Waals surface area contributed by atoms with Gasteiger partial charge in [-0.15, -0.1) is 0 Å². The van der Waals surface area contributed by atoms with Crippen molar-refractivity contribution in [2.45, 2.75) is 36.8 Å². The predicted molar refractivity (Wildman–Crippen MR) is 112 cm³/mol. The standard InChI is InChI=1S/C21H19ClF3NO4S/c22-16-5-3-13(10-19(27)28)9-17(16)26-20(29)31-18-6-4-14(11-15(18)21(23,24)25)30-8-7-12-1-2-12/h3-6,9,11-12H,1-2,7-8,10H2,(H,26,29)(H,27,28). The van der Waals surface area contributed by atoms with Crippen molar-refractivity contribution in [3.63, 3.8) is 0 Å². The Morgan fingerprint density at radius 3 is 2.58 bits per heavy atom. The fraction of sp³-hybridized carbons (Fsp3) is 0.333. The maximum absolute atomic E-state index is 13.5. The smallest absolute Gasteiger partial charge is 0.417 e. The third-order valence-corrected chi connectivity index (χ3v) is 5.77. The average Bonchev–Trinajstić information content (AvgIpc) is 3.48. The highest BCUT2D eigenvalue weighted by Crippen LogP contribution is 2.40. The van der Waals surface area contributed by atoms with Crippen LogP contribution in [0.4, 0.5) is 23.7 Å². The molecule has 1 fully saturated rings. The first-order valence-corrected chi connectivity index (χ1v) is 10.6. The summed E-state index contributed by atoms with van der Waals surface area (Å²) in [4.78, 5) is 22.9. The van der Waals surface area contributed by atoms with Gasteiger partial charge in [-0.1, -0.05) is 30.5 Å². The van der Waals surface area contributed by atoms with E-state index in [-0.39, 0.29) is 27.8 Å². The van der Waals surface area contributed by atoms with Crippen LogP contribution in [0.15, 0.2) is 41.3 Å². The predicted octanol–water partition coefficient (Wildman–Crippen LogP) is 6.49. The Labute approximate surface area is 185 Å². The average molecular weight is 474 g/mol. The maximum atomic E-state index is 13.5. The van der Waals surface area contributed by atoms with E-state index >= 15 is 0 Å². The van der Waals surface area contributed by atoms with Crippen molar-refractivity contribution in [1.29, 1.82) is 0 Å². The van der Waals surface area contributed by atoms with Crippen LogP contribution in [0.25, 0.3) is 0 Å². The first kappa shape index (κ1) is 23.3. The van der Waals surface area contributed by atoms with Crippen LogP contribution < -0.4 is 10.1 Å². The van der Waals surface area contributed by atoms with Gasteiger partial charge in [-0.25, -0.2) is 0 Å². The molecule has 2 aromatic carbocycles. The van der Waals surface area contributed by atoms with Gasteiger partial charge in [-0.05, 0) is 60.0 Å². The zero-order valence-electron chi connectivity index (χ0n) is 16.2. The van der Waals surface area contributed by atoms with E-state index in [4.69, 9.17) is 21.4 Å². The molecule has 0 heterocycles. The van der Waals surface area contributed by atoms with E-state index in [9.17, 15) is 22.8 Å². The number of aliphatic carboxylic acids is 1. The Hall–Kier alpha value is -2.39. The van der Waals surface area contributed by atoms with Gasteiger partial charge in [0.1, 0.15) is 5.75 Å². The van der Waals surface area contributed by atoms with Crippen LogP contribution in [0.2, 0.25) is 5.02 Å². The summed E-state index contributed by atoms with van der Waals surface area (Å²) in [7, 11) is 0. The number of nitrogens with one attached hydrogen (secondary N) is 1. The number of halogens is 4. The van der Waals surface area contributed by atoms with Gasteiger partial charge in [0.25, 0.3) is 5.24 Å². The molecule has 2 aromatic rings. The number of hydrogen-bond acceptors (Lipinski definition) is 4. The highest BCUT2D eigenvalue weighted by atomic mass is 35.5. The lowest BCUT2D eigenvalue weighted by atomic mass is 10.1. The highest BCUT2D eigenvalue weighted by molar-refractivity contribution is 8.14. The van der Waals surface area contributed by atoms with Gasteiger partial charge in [0.05, 0.1) is 29.3 Å². The molecule has 5 nitrogen and oxygen atoms in total. The van der Waals surface area contributed by atoms with Crippen molar-refractivity contribution in [2.75, 3.05) is 11.9 Å². The fourth-order valence-electron chi connectivity index (χ4n) is 2.85. The maximum Gasteiger partial charge on any atom is 0.417 e. The molecule has 0 atom stereocenters. The van der Waals surface area contributed by atoms with E-state index < -0.39 is 22.9 Å². The van der Waals surface area contributed by atoms with Gasteiger partial charge >= 0.3 is 12.1 Å². The Balaban J connectivity index is 1.71. The van der Waals surface area contributed by atoms with Crippen LogP contribution in [0.5, 0.6) is 5.75 Å². The minimum Gasteiger partial charge on any atom is -0.494 e. The lowest BCUT2D eigenvalue weighted by molar-refractivity contribution is -0.140. The van der Waals surface area contributed by atoms with Crippen LogP contribution in [-0.2, 0) is 17.4 Å². The molecule has 0 spiro atoms. The summed E-state index contributed by atoms with van der Waals surface area (Å²) in [6.07, 6.45) is -1.89. The van der Waals surface area contributed by atoms with Gasteiger partial charge < -0.3 is 15.2 Å². The Bertz CT molecular complexity index is 980. The molecule has 0 radical (unpaired) electrons. The summed E-state index contributed by atoms with van der Waals surface area (Å²) < 4.78 is 46.0. The van der Waals surface area contributed by atoms with Crippen molar-refractivity contribution in [3.05, 3.63) is 52.5 Å². The normalized spacial score (nSPS) is 13.7. The number of amides is 1. The molecule has 166 valence electrons. The van der Waals surface area contributed by atoms with E-state index in [0.717, 1.165) is 25.3 Å². The van der Waals surface area contributed by atoms with E-state index in [1.165, 1.54) is 30.3 Å². The number of carbonyl (C=O) groups is 2. The zero-order chi connectivity index (χ0) is 22.6. The molecule has 1 amide bonds. The second kappa shape index (κ2) is 9.82. The SMILES string of the molecule is O=C(O)Cc1ccc(Cl)c(NC(=O)Sc2ccc(OCCC3CC3)cc2C(F)(F)F)c1. The largest absolute Gasteiger partial charge is 0.494 e. The number of alkyl halides is 3. The summed E-state index contributed by atoms with van der Waals surface area (Å²) in [5, 5.41) is 10.6. The fourth-order valence-corrected chi connectivity index (χ4v) is 3.79. The summed E-state index contributed by atoms with van der Waals surface area (Å²) in [5.41, 5.74) is -0.463. The molecular weight excluding hydrogens is 455 g/mol. The number of thioether (sulfide) groups is 1. The van der Waals surface area contributed by atoms with Gasteiger partial charge in [0, 0.05) is 4.90 Å². The van der Waals surface area contributed by atoms with Crippen LogP contribution in [0.3, 0.4) is 0 Å². The molecule has 1 aliphatic rings. The Morgan fingerprint density at radius 1 is 1.19 bits per heavy atom. The first-order chi connectivity index (χ1) is 14.6. The van der Waals surface area contributed by atoms with Crippen molar-refractivity contribution in [2.24, 2.45) is 5.92 Å². The molecule has 0 saturated heterocycles. The van der Waals surface area contributed by atoms with Gasteiger partial charge in [0.2, 0.25) is 0 Å². The molecule has 1 saturated carbocycles. The van der Waals surface area contributed by atoms with Gasteiger partial charge in [-0.3, -0.25) is 9.59 Å². The second-order valence-electron chi connectivity index (χ2n) is 7.14. The molecule has 0 bridgehead atoms. The first-order valence-electron chi connectivity index (χ1n) is 9.45. The van der Waals surface area contributed by atoms with Gasteiger partial charge in [-0.2, -0.15) is 13.2 Å². The van der Waals surface area contributed by atoms with E-state index in [0.29, 0.717) is 29.9 Å². The monoisotopic (exact) mass is 473 g/mol. The summed E-state index contributed by atoms with van der Waals surface area (Å²) >= 11 is 6.38. The van der Waals surface area contributed by atoms with Crippen LogP contribution in [-0.4, -0.2) is 22.9 Å². The number of hydrogen-bond donors (Lipinski definition) is 2. The third kappa shape index (κ3) is 7.07. The molecule has 3 rings (SSSR count). The summed E-state index contributed by atoms with van der Waals surface area (Å²) in [5.74, 6) is -0.369. The van der Waals surface area contributed by atoms with Crippen molar-refractivity contribution in [3.8, 4) is 5.75 Å². The highest BCUT2D eigenvalue weighted by Gasteiger charge is 2.35. The molecule has 10 heteroatoms. The van der Waals surface area contributed by atoms with E-state index in [2.05, 4.69) is 5.32 Å². The number of benzene rings is 2. The van der Waals surface area contributed by atoms with Crippen molar-refractivity contribution >= 4 is 40.3 Å². The van der Waals surface area contributed by atoms with E-state index in [1.54, 1.807) is 0 Å². The van der Waals surface area contributed by atoms with Crippen LogP contribution in [0.1, 0.15) is 30.4 Å². The Kier molecular flexibility index (Phi) is 7.38. The molecule has 2 N–H and O–H groups in total. The lowest BCUT2D eigenvalue weighted by Crippen LogP contribution is -2.11. The molecule has 0 aliphatic heterocycles. The number of carbonyl (C=O) groups excluding carboxylic acids is 1. The molecule has 0 unspecified atom stereocenters. The minimum atomic E-state index is -4.67. The molecular formula is C21H19ClF3NO4S. The van der Waals surface area contributed by atoms with Gasteiger partial charge in [0.15, 0.2) is 0 Å². The number of carboxylic acid groups (broad SMARTS) is 1. The number of ether oxygens (including phenoxy) is 1. The second-order valence-corrected chi connectivity index (χ2v) is 8.56. The number of rotatable bonds is 8. The summed E-state index contributed by atoms with van der Waals surface area (Å²) in [6.45, 7) is 0.347. The van der Waals surface area contributed by atoms with Crippen molar-refractivity contribution < 1.29 is 32.6 Å². The quantitative estimate of drug-likeness (QED) is 0.428. The number of carboxylic acids is 1. The molecule has 0 aromatic heterocycles. The zero-order valence-corrected chi connectivity index (χ0v) is 17.7. The molecule has 1 aliphatic carbocycles. The summed E-state index contributed by atoms with van der Waals surface area (Å²) in [6, 6.07) is 7.76. The Morgan fingerprint density at radius 2 is 1.94 bits per heavy atom. The van der Waals surface area contributed by atoms with E-state index in [1.807, 2.05) is 0 Å². The topological polar surface area (TPSA) is 75.6 Å². The lowest BCUT2D eigenvalue weighted by Gasteiger charge is -2.15. The number of anilines is 1. The van der Waals surface area contributed by atoms with Crippen molar-refractivity contribution in [1.82, 2.24) is 0 Å². The molecule has 31 heavy (non-hydrogen) atoms. The third-order valence-electron chi connectivity index (χ3n) is 4.57. The van der Waals surface area contributed by atoms with Crippen LogP contribution >= 0.6 is 23.4 Å². The minimum absolute atomic E-state index is 0.0992. The van der Waals surface area contributed by atoms with Crippen LogP contribution in [0, 0.1) is 5.92 Å².